The summed E-state index contributed by atoms with van der Waals surface area (Å²) in [4.78, 5) is 11.6. The van der Waals surface area contributed by atoms with Crippen LogP contribution in [0.15, 0.2) is 66.7 Å². The van der Waals surface area contributed by atoms with Gasteiger partial charge in [-0.25, -0.2) is 0 Å². The first kappa shape index (κ1) is 17.1. The standard InChI is InChI=1S/C17H17NO2.Li/c1-14(12-13-15-8-4-2-5-9-15)20-17(19)18-16-10-6-3-7-11-16;/h2-14H,1H3,(H,18,19);/q;+1/p-1/b13-12-;. The van der Waals surface area contributed by atoms with E-state index in [1.54, 1.807) is 19.1 Å². The second-order valence-corrected chi connectivity index (χ2v) is 4.31. The number of hydrogen-bond donors (Lipinski definition) is 0. The van der Waals surface area contributed by atoms with E-state index in [0.29, 0.717) is 5.69 Å². The van der Waals surface area contributed by atoms with Crippen molar-refractivity contribution in [3.05, 3.63) is 77.6 Å². The van der Waals surface area contributed by atoms with Gasteiger partial charge in [-0.2, -0.15) is 0 Å². The summed E-state index contributed by atoms with van der Waals surface area (Å²) in [6.07, 6.45) is 2.84. The Morgan fingerprint density at radius 1 is 1.05 bits per heavy atom. The van der Waals surface area contributed by atoms with E-state index in [1.807, 2.05) is 60.7 Å². The number of carbonyl (C=O) groups is 1. The topological polar surface area (TPSA) is 40.4 Å². The van der Waals surface area contributed by atoms with Crippen LogP contribution in [0.1, 0.15) is 12.5 Å². The Hall–Kier alpha value is -1.95. The molecule has 1 atom stereocenters. The van der Waals surface area contributed by atoms with Crippen LogP contribution in [0.25, 0.3) is 11.4 Å². The monoisotopic (exact) mass is 273 g/mol. The zero-order valence-electron chi connectivity index (χ0n) is 12.3. The zero-order chi connectivity index (χ0) is 14.2. The van der Waals surface area contributed by atoms with Crippen molar-refractivity contribution in [1.29, 1.82) is 0 Å². The van der Waals surface area contributed by atoms with Gasteiger partial charge < -0.3 is 10.1 Å². The minimum Gasteiger partial charge on any atom is -0.591 e. The summed E-state index contributed by atoms with van der Waals surface area (Å²) in [5.74, 6) is 0. The van der Waals surface area contributed by atoms with Gasteiger partial charge in [-0.05, 0) is 18.6 Å². The maximum atomic E-state index is 11.6. The van der Waals surface area contributed by atoms with E-state index >= 15 is 0 Å². The fourth-order valence-electron chi connectivity index (χ4n) is 1.64. The van der Waals surface area contributed by atoms with Crippen molar-refractivity contribution >= 4 is 17.9 Å². The van der Waals surface area contributed by atoms with E-state index in [2.05, 4.69) is 5.32 Å². The molecule has 1 amide bonds. The fraction of sp³-hybridized carbons (Fsp3) is 0.118. The van der Waals surface area contributed by atoms with Gasteiger partial charge in [-0.1, -0.05) is 66.7 Å². The molecule has 0 bridgehead atoms. The summed E-state index contributed by atoms with van der Waals surface area (Å²) in [6.45, 7) is 1.80. The van der Waals surface area contributed by atoms with Crippen molar-refractivity contribution in [2.75, 3.05) is 0 Å². The van der Waals surface area contributed by atoms with Crippen LogP contribution in [0, 0.1) is 0 Å². The van der Waals surface area contributed by atoms with E-state index in [0.717, 1.165) is 5.56 Å². The SMILES string of the molecule is CC(/C=C\c1ccccc1)OC(=O)[N-]c1ccccc1.[Li+]. The molecule has 3 nitrogen and oxygen atoms in total. The number of rotatable bonds is 4. The average molecular weight is 273 g/mol. The number of benzene rings is 2. The molecular formula is C17H16LiNO2. The van der Waals surface area contributed by atoms with Gasteiger partial charge in [-0.3, -0.25) is 4.79 Å². The molecule has 0 radical (unpaired) electrons. The molecule has 0 aliphatic heterocycles. The van der Waals surface area contributed by atoms with Crippen molar-refractivity contribution < 1.29 is 28.4 Å². The van der Waals surface area contributed by atoms with Crippen LogP contribution in [-0.4, -0.2) is 12.2 Å². The molecule has 102 valence electrons. The first-order valence-electron chi connectivity index (χ1n) is 6.45. The van der Waals surface area contributed by atoms with Crippen molar-refractivity contribution in [3.8, 4) is 0 Å². The summed E-state index contributed by atoms with van der Waals surface area (Å²) in [6, 6.07) is 18.9. The molecule has 2 aromatic rings. The Balaban J connectivity index is 0.00000220. The molecule has 0 saturated carbocycles. The Bertz CT molecular complexity index is 570. The van der Waals surface area contributed by atoms with Gasteiger partial charge >= 0.3 is 18.9 Å². The number of ether oxygens (including phenoxy) is 1. The summed E-state index contributed by atoms with van der Waals surface area (Å²) in [5.41, 5.74) is 1.66. The third-order valence-corrected chi connectivity index (χ3v) is 2.62. The van der Waals surface area contributed by atoms with Gasteiger partial charge in [0.15, 0.2) is 0 Å². The van der Waals surface area contributed by atoms with E-state index in [-0.39, 0.29) is 25.0 Å². The van der Waals surface area contributed by atoms with Gasteiger partial charge in [0.05, 0.1) is 0 Å². The molecule has 0 spiro atoms. The van der Waals surface area contributed by atoms with Crippen LogP contribution in [-0.2, 0) is 4.74 Å². The summed E-state index contributed by atoms with van der Waals surface area (Å²) in [7, 11) is 0. The molecule has 4 heteroatoms. The van der Waals surface area contributed by atoms with Crippen molar-refractivity contribution in [2.24, 2.45) is 0 Å². The molecule has 2 aromatic carbocycles. The third-order valence-electron chi connectivity index (χ3n) is 2.62. The van der Waals surface area contributed by atoms with Gasteiger partial charge in [0.25, 0.3) is 0 Å². The maximum Gasteiger partial charge on any atom is 1.00 e. The first-order valence-corrected chi connectivity index (χ1v) is 6.45. The first-order chi connectivity index (χ1) is 9.74. The van der Waals surface area contributed by atoms with Crippen LogP contribution in [0.4, 0.5) is 10.5 Å². The summed E-state index contributed by atoms with van der Waals surface area (Å²) < 4.78 is 5.18. The average Bonchev–Trinajstić information content (AvgIpc) is 2.47. The van der Waals surface area contributed by atoms with Crippen LogP contribution in [0.5, 0.6) is 0 Å². The number of hydrogen-bond acceptors (Lipinski definition) is 2. The molecule has 0 fully saturated rings. The smallest absolute Gasteiger partial charge is 0.591 e. The molecule has 0 saturated heterocycles. The van der Waals surface area contributed by atoms with E-state index in [4.69, 9.17) is 4.74 Å². The molecule has 0 aliphatic carbocycles. The quantitative estimate of drug-likeness (QED) is 0.799. The molecule has 0 N–H and O–H groups in total. The number of nitrogens with zero attached hydrogens (tertiary/aromatic N) is 1. The zero-order valence-corrected chi connectivity index (χ0v) is 12.3. The molecule has 2 rings (SSSR count). The molecule has 1 unspecified atom stereocenters. The van der Waals surface area contributed by atoms with Gasteiger partial charge in [0.2, 0.25) is 6.09 Å². The normalized spacial score (nSPS) is 11.5. The van der Waals surface area contributed by atoms with Crippen LogP contribution in [0.2, 0.25) is 0 Å². The second kappa shape index (κ2) is 9.07. The van der Waals surface area contributed by atoms with E-state index in [1.165, 1.54) is 0 Å². The molecular weight excluding hydrogens is 257 g/mol. The Morgan fingerprint density at radius 3 is 2.24 bits per heavy atom. The molecule has 0 aliphatic rings. The number of carbonyl (C=O) groups excluding carboxylic acids is 1. The Morgan fingerprint density at radius 2 is 1.62 bits per heavy atom. The van der Waals surface area contributed by atoms with Gasteiger partial charge in [0, 0.05) is 0 Å². The molecule has 21 heavy (non-hydrogen) atoms. The summed E-state index contributed by atoms with van der Waals surface area (Å²) in [5, 5.41) is 3.86. The largest absolute Gasteiger partial charge is 1.00 e. The van der Waals surface area contributed by atoms with Crippen molar-refractivity contribution in [3.63, 3.8) is 0 Å². The number of amides is 1. The van der Waals surface area contributed by atoms with Crippen LogP contribution in [0.3, 0.4) is 0 Å². The minimum atomic E-state index is -0.582. The van der Waals surface area contributed by atoms with E-state index in [9.17, 15) is 4.79 Å². The Kier molecular flexibility index (Phi) is 7.39. The predicted molar refractivity (Wildman–Crippen MR) is 80.9 cm³/mol. The fourth-order valence-corrected chi connectivity index (χ4v) is 1.64. The second-order valence-electron chi connectivity index (χ2n) is 4.31. The maximum absolute atomic E-state index is 11.6. The van der Waals surface area contributed by atoms with Gasteiger partial charge in [-0.15, -0.1) is 5.69 Å². The van der Waals surface area contributed by atoms with Gasteiger partial charge in [0.1, 0.15) is 6.10 Å². The van der Waals surface area contributed by atoms with Crippen LogP contribution < -0.4 is 18.9 Å². The third kappa shape index (κ3) is 6.35. The summed E-state index contributed by atoms with van der Waals surface area (Å²) >= 11 is 0. The molecule has 0 aromatic heterocycles. The van der Waals surface area contributed by atoms with Crippen LogP contribution >= 0.6 is 0 Å². The minimum absolute atomic E-state index is 0. The van der Waals surface area contributed by atoms with Crippen molar-refractivity contribution in [1.82, 2.24) is 0 Å². The number of para-hydroxylation sites is 1. The van der Waals surface area contributed by atoms with Crippen molar-refractivity contribution in [2.45, 2.75) is 13.0 Å². The molecule has 0 heterocycles. The Labute approximate surface area is 137 Å². The van der Waals surface area contributed by atoms with E-state index < -0.39 is 6.09 Å². The predicted octanol–water partition coefficient (Wildman–Crippen LogP) is 1.93.